The SMILES string of the molecule is CCc1ccc(C(C)(C)CNC(=O)C2CCC(N)C2)cc1. The Morgan fingerprint density at radius 2 is 1.95 bits per heavy atom. The zero-order valence-corrected chi connectivity index (χ0v) is 13.5. The maximum absolute atomic E-state index is 12.2. The van der Waals surface area contributed by atoms with Gasteiger partial charge in [0.25, 0.3) is 0 Å². The number of hydrogen-bond donors (Lipinski definition) is 2. The number of carbonyl (C=O) groups excluding carboxylic acids is 1. The Morgan fingerprint density at radius 3 is 2.48 bits per heavy atom. The van der Waals surface area contributed by atoms with E-state index in [1.54, 1.807) is 0 Å². The third-order valence-corrected chi connectivity index (χ3v) is 4.69. The molecule has 3 N–H and O–H groups in total. The summed E-state index contributed by atoms with van der Waals surface area (Å²) in [6.45, 7) is 7.18. The van der Waals surface area contributed by atoms with Crippen molar-refractivity contribution in [2.75, 3.05) is 6.54 Å². The van der Waals surface area contributed by atoms with Gasteiger partial charge >= 0.3 is 0 Å². The van der Waals surface area contributed by atoms with Crippen LogP contribution in [0.4, 0.5) is 0 Å². The van der Waals surface area contributed by atoms with Gasteiger partial charge in [-0.15, -0.1) is 0 Å². The number of benzene rings is 1. The first-order valence-corrected chi connectivity index (χ1v) is 8.05. The molecule has 2 rings (SSSR count). The van der Waals surface area contributed by atoms with Gasteiger partial charge in [-0.3, -0.25) is 4.79 Å². The molecule has 1 fully saturated rings. The molecule has 0 saturated heterocycles. The molecule has 0 aliphatic heterocycles. The van der Waals surface area contributed by atoms with E-state index in [-0.39, 0.29) is 23.3 Å². The molecular formula is C18H28N2O. The van der Waals surface area contributed by atoms with Crippen LogP contribution in [0.3, 0.4) is 0 Å². The minimum absolute atomic E-state index is 0.0529. The standard InChI is InChI=1S/C18H28N2O/c1-4-13-5-8-15(9-6-13)18(2,3)12-20-17(21)14-7-10-16(19)11-14/h5-6,8-9,14,16H,4,7,10-12,19H2,1-3H3,(H,20,21). The Labute approximate surface area is 128 Å². The average molecular weight is 288 g/mol. The summed E-state index contributed by atoms with van der Waals surface area (Å²) in [6.07, 6.45) is 3.79. The van der Waals surface area contributed by atoms with Crippen LogP contribution in [0, 0.1) is 5.92 Å². The van der Waals surface area contributed by atoms with E-state index >= 15 is 0 Å². The zero-order chi connectivity index (χ0) is 15.5. The summed E-state index contributed by atoms with van der Waals surface area (Å²) in [5.74, 6) is 0.277. The van der Waals surface area contributed by atoms with Crippen molar-refractivity contribution in [3.8, 4) is 0 Å². The minimum Gasteiger partial charge on any atom is -0.355 e. The van der Waals surface area contributed by atoms with Crippen LogP contribution < -0.4 is 11.1 Å². The summed E-state index contributed by atoms with van der Waals surface area (Å²) < 4.78 is 0. The molecule has 1 aromatic rings. The van der Waals surface area contributed by atoms with Crippen molar-refractivity contribution in [2.45, 2.75) is 57.9 Å². The highest BCUT2D eigenvalue weighted by Gasteiger charge is 2.29. The molecule has 0 aromatic heterocycles. The second kappa shape index (κ2) is 6.61. The van der Waals surface area contributed by atoms with Crippen molar-refractivity contribution >= 4 is 5.91 Å². The molecular weight excluding hydrogens is 260 g/mol. The molecule has 3 nitrogen and oxygen atoms in total. The van der Waals surface area contributed by atoms with Crippen molar-refractivity contribution in [3.63, 3.8) is 0 Å². The maximum Gasteiger partial charge on any atom is 0.223 e. The summed E-state index contributed by atoms with van der Waals surface area (Å²) in [6, 6.07) is 8.91. The first kappa shape index (κ1) is 16.0. The summed E-state index contributed by atoms with van der Waals surface area (Å²) in [7, 11) is 0. The fourth-order valence-electron chi connectivity index (χ4n) is 3.00. The van der Waals surface area contributed by atoms with Crippen molar-refractivity contribution in [1.29, 1.82) is 0 Å². The van der Waals surface area contributed by atoms with Gasteiger partial charge in [-0.2, -0.15) is 0 Å². The van der Waals surface area contributed by atoms with E-state index in [2.05, 4.69) is 50.4 Å². The Hall–Kier alpha value is -1.35. The van der Waals surface area contributed by atoms with Crippen LogP contribution in [0.1, 0.15) is 51.2 Å². The van der Waals surface area contributed by atoms with Crippen LogP contribution in [0.2, 0.25) is 0 Å². The molecule has 2 atom stereocenters. The quantitative estimate of drug-likeness (QED) is 0.875. The predicted octanol–water partition coefficient (Wildman–Crippen LogP) is 2.77. The summed E-state index contributed by atoms with van der Waals surface area (Å²) in [4.78, 5) is 12.2. The van der Waals surface area contributed by atoms with Crippen LogP contribution in [-0.4, -0.2) is 18.5 Å². The third kappa shape index (κ3) is 4.07. The molecule has 1 saturated carbocycles. The van der Waals surface area contributed by atoms with Crippen LogP contribution in [-0.2, 0) is 16.6 Å². The lowest BCUT2D eigenvalue weighted by molar-refractivity contribution is -0.125. The van der Waals surface area contributed by atoms with Gasteiger partial charge in [0.15, 0.2) is 0 Å². The monoisotopic (exact) mass is 288 g/mol. The van der Waals surface area contributed by atoms with Gasteiger partial charge in [-0.25, -0.2) is 0 Å². The van der Waals surface area contributed by atoms with E-state index in [9.17, 15) is 4.79 Å². The second-order valence-electron chi connectivity index (χ2n) is 6.92. The highest BCUT2D eigenvalue weighted by molar-refractivity contribution is 5.79. The summed E-state index contributed by atoms with van der Waals surface area (Å²) >= 11 is 0. The smallest absolute Gasteiger partial charge is 0.223 e. The number of rotatable bonds is 5. The Kier molecular flexibility index (Phi) is 5.04. The lowest BCUT2D eigenvalue weighted by Crippen LogP contribution is -2.39. The van der Waals surface area contributed by atoms with Gasteiger partial charge in [-0.1, -0.05) is 45.0 Å². The topological polar surface area (TPSA) is 55.1 Å². The highest BCUT2D eigenvalue weighted by atomic mass is 16.1. The zero-order valence-electron chi connectivity index (χ0n) is 13.5. The van der Waals surface area contributed by atoms with Gasteiger partial charge < -0.3 is 11.1 Å². The van der Waals surface area contributed by atoms with Crippen LogP contribution in [0.5, 0.6) is 0 Å². The fraction of sp³-hybridized carbons (Fsp3) is 0.611. The molecule has 21 heavy (non-hydrogen) atoms. The average Bonchev–Trinajstić information content (AvgIpc) is 2.91. The van der Waals surface area contributed by atoms with Gasteiger partial charge in [0.2, 0.25) is 5.91 Å². The molecule has 1 aliphatic rings. The lowest BCUT2D eigenvalue weighted by atomic mass is 9.84. The Morgan fingerprint density at radius 1 is 1.29 bits per heavy atom. The molecule has 2 unspecified atom stereocenters. The highest BCUT2D eigenvalue weighted by Crippen LogP contribution is 2.26. The molecule has 3 heteroatoms. The Balaban J connectivity index is 1.92. The molecule has 1 aliphatic carbocycles. The number of hydrogen-bond acceptors (Lipinski definition) is 2. The Bertz CT molecular complexity index is 478. The van der Waals surface area contributed by atoms with Crippen molar-refractivity contribution in [2.24, 2.45) is 11.7 Å². The van der Waals surface area contributed by atoms with E-state index in [0.29, 0.717) is 6.54 Å². The van der Waals surface area contributed by atoms with Gasteiger partial charge in [0.1, 0.15) is 0 Å². The van der Waals surface area contributed by atoms with Gasteiger partial charge in [-0.05, 0) is 36.8 Å². The van der Waals surface area contributed by atoms with E-state index in [1.165, 1.54) is 11.1 Å². The number of nitrogens with two attached hydrogens (primary N) is 1. The molecule has 0 heterocycles. The second-order valence-corrected chi connectivity index (χ2v) is 6.92. The van der Waals surface area contributed by atoms with E-state index in [0.717, 1.165) is 25.7 Å². The first-order valence-electron chi connectivity index (χ1n) is 8.05. The lowest BCUT2D eigenvalue weighted by Gasteiger charge is -2.26. The molecule has 116 valence electrons. The van der Waals surface area contributed by atoms with Crippen LogP contribution >= 0.6 is 0 Å². The van der Waals surface area contributed by atoms with E-state index < -0.39 is 0 Å². The van der Waals surface area contributed by atoms with E-state index in [4.69, 9.17) is 5.73 Å². The molecule has 1 aromatic carbocycles. The van der Waals surface area contributed by atoms with Crippen molar-refractivity contribution < 1.29 is 4.79 Å². The number of aryl methyl sites for hydroxylation is 1. The molecule has 0 radical (unpaired) electrons. The largest absolute Gasteiger partial charge is 0.355 e. The number of amides is 1. The fourth-order valence-corrected chi connectivity index (χ4v) is 3.00. The van der Waals surface area contributed by atoms with Crippen LogP contribution in [0.25, 0.3) is 0 Å². The first-order chi connectivity index (χ1) is 9.92. The normalized spacial score (nSPS) is 22.3. The maximum atomic E-state index is 12.2. The van der Waals surface area contributed by atoms with Gasteiger partial charge in [0, 0.05) is 23.9 Å². The van der Waals surface area contributed by atoms with Crippen molar-refractivity contribution in [1.82, 2.24) is 5.32 Å². The molecule has 1 amide bonds. The summed E-state index contributed by atoms with van der Waals surface area (Å²) in [5.41, 5.74) is 8.44. The van der Waals surface area contributed by atoms with Crippen molar-refractivity contribution in [3.05, 3.63) is 35.4 Å². The molecule has 0 bridgehead atoms. The molecule has 0 spiro atoms. The van der Waals surface area contributed by atoms with Gasteiger partial charge in [0.05, 0.1) is 0 Å². The minimum atomic E-state index is -0.0529. The third-order valence-electron chi connectivity index (χ3n) is 4.69. The van der Waals surface area contributed by atoms with E-state index in [1.807, 2.05) is 0 Å². The number of nitrogens with one attached hydrogen (secondary N) is 1. The van der Waals surface area contributed by atoms with Crippen LogP contribution in [0.15, 0.2) is 24.3 Å². The summed E-state index contributed by atoms with van der Waals surface area (Å²) in [5, 5.41) is 3.12. The number of carbonyl (C=O) groups is 1. The predicted molar refractivity (Wildman–Crippen MR) is 87.2 cm³/mol.